The quantitative estimate of drug-likeness (QED) is 0.789. The highest BCUT2D eigenvalue weighted by Crippen LogP contribution is 2.33. The zero-order valence-electron chi connectivity index (χ0n) is 10.1. The molecule has 4 unspecified atom stereocenters. The summed E-state index contributed by atoms with van der Waals surface area (Å²) < 4.78 is 12.1. The Morgan fingerprint density at radius 3 is 2.60 bits per heavy atom. The third-order valence-electron chi connectivity index (χ3n) is 3.66. The summed E-state index contributed by atoms with van der Waals surface area (Å²) in [6.07, 6.45) is 5.88. The van der Waals surface area contributed by atoms with E-state index in [1.807, 2.05) is 0 Å². The molecular weight excluding hydrogens is 206 g/mol. The van der Waals surface area contributed by atoms with E-state index in [0.29, 0.717) is 11.2 Å². The van der Waals surface area contributed by atoms with Gasteiger partial charge in [-0.1, -0.05) is 26.7 Å². The zero-order valence-corrected chi connectivity index (χ0v) is 10.9. The summed E-state index contributed by atoms with van der Waals surface area (Å²) in [5, 5.41) is 0.383. The average Bonchev–Trinajstić information content (AvgIpc) is 2.28. The van der Waals surface area contributed by atoms with Crippen LogP contribution in [-0.2, 0) is 10.8 Å². The van der Waals surface area contributed by atoms with E-state index in [9.17, 15) is 4.21 Å². The van der Waals surface area contributed by atoms with Crippen LogP contribution in [0.2, 0.25) is 0 Å². The van der Waals surface area contributed by atoms with Crippen LogP contribution in [-0.4, -0.2) is 21.8 Å². The Labute approximate surface area is 96.5 Å². The third kappa shape index (κ3) is 3.56. The van der Waals surface area contributed by atoms with Gasteiger partial charge in [0.25, 0.3) is 0 Å². The zero-order chi connectivity index (χ0) is 11.3. The number of hydrogen-bond donors (Lipinski definition) is 1. The van der Waals surface area contributed by atoms with E-state index in [4.69, 9.17) is 5.73 Å². The summed E-state index contributed by atoms with van der Waals surface area (Å²) in [6, 6.07) is 0. The molecule has 0 aromatic rings. The molecule has 0 heterocycles. The molecule has 2 nitrogen and oxygen atoms in total. The number of nitrogens with two attached hydrogens (primary N) is 1. The minimum Gasteiger partial charge on any atom is -0.330 e. The first-order chi connectivity index (χ1) is 7.22. The molecule has 1 fully saturated rings. The van der Waals surface area contributed by atoms with E-state index >= 15 is 0 Å². The maximum absolute atomic E-state index is 12.1. The van der Waals surface area contributed by atoms with Crippen molar-refractivity contribution < 1.29 is 4.21 Å². The van der Waals surface area contributed by atoms with Crippen LogP contribution in [0.4, 0.5) is 0 Å². The lowest BCUT2D eigenvalue weighted by Gasteiger charge is -2.34. The molecule has 90 valence electrons. The Balaban J connectivity index is 2.58. The Kier molecular flexibility index (Phi) is 5.83. The van der Waals surface area contributed by atoms with Gasteiger partial charge in [-0.05, 0) is 37.6 Å². The van der Waals surface area contributed by atoms with Crippen molar-refractivity contribution >= 4 is 10.8 Å². The van der Waals surface area contributed by atoms with Gasteiger partial charge in [0.05, 0.1) is 0 Å². The maximum atomic E-state index is 12.1. The molecule has 0 radical (unpaired) electrons. The molecule has 0 spiro atoms. The fourth-order valence-corrected chi connectivity index (χ4v) is 4.46. The van der Waals surface area contributed by atoms with Crippen molar-refractivity contribution in [3.8, 4) is 0 Å². The molecule has 1 saturated carbocycles. The van der Waals surface area contributed by atoms with Crippen LogP contribution in [0, 0.1) is 11.8 Å². The van der Waals surface area contributed by atoms with Crippen LogP contribution >= 0.6 is 0 Å². The minimum atomic E-state index is -0.639. The largest absolute Gasteiger partial charge is 0.330 e. The second-order valence-electron chi connectivity index (χ2n) is 4.71. The molecule has 0 aliphatic heterocycles. The molecule has 1 rings (SSSR count). The summed E-state index contributed by atoms with van der Waals surface area (Å²) in [5.74, 6) is 2.16. The van der Waals surface area contributed by atoms with Crippen LogP contribution in [0.3, 0.4) is 0 Å². The lowest BCUT2D eigenvalue weighted by atomic mass is 9.80. The Hall–Kier alpha value is 0.110. The first-order valence-corrected chi connectivity index (χ1v) is 7.68. The van der Waals surface area contributed by atoms with E-state index < -0.39 is 10.8 Å². The van der Waals surface area contributed by atoms with E-state index in [2.05, 4.69) is 13.8 Å². The fraction of sp³-hybridized carbons (Fsp3) is 1.00. The van der Waals surface area contributed by atoms with E-state index in [-0.39, 0.29) is 0 Å². The Morgan fingerprint density at radius 1 is 1.33 bits per heavy atom. The first-order valence-electron chi connectivity index (χ1n) is 6.30. The molecule has 4 atom stereocenters. The van der Waals surface area contributed by atoms with Gasteiger partial charge in [0.2, 0.25) is 0 Å². The molecule has 2 N–H and O–H groups in total. The molecule has 15 heavy (non-hydrogen) atoms. The molecule has 0 aromatic carbocycles. The summed E-state index contributed by atoms with van der Waals surface area (Å²) in [7, 11) is -0.639. The van der Waals surface area contributed by atoms with Crippen LogP contribution in [0.25, 0.3) is 0 Å². The van der Waals surface area contributed by atoms with Crippen molar-refractivity contribution in [2.75, 3.05) is 12.3 Å². The van der Waals surface area contributed by atoms with Crippen molar-refractivity contribution in [3.05, 3.63) is 0 Å². The van der Waals surface area contributed by atoms with Gasteiger partial charge in [0.1, 0.15) is 0 Å². The lowest BCUT2D eigenvalue weighted by molar-refractivity contribution is 0.280. The maximum Gasteiger partial charge on any atom is 0.0390 e. The predicted molar refractivity (Wildman–Crippen MR) is 67.3 cm³/mol. The van der Waals surface area contributed by atoms with Gasteiger partial charge in [-0.25, -0.2) is 0 Å². The molecule has 3 heteroatoms. The second kappa shape index (κ2) is 6.64. The highest BCUT2D eigenvalue weighted by atomic mass is 32.2. The van der Waals surface area contributed by atoms with Crippen LogP contribution in [0.1, 0.15) is 46.0 Å². The van der Waals surface area contributed by atoms with Crippen LogP contribution < -0.4 is 5.73 Å². The molecule has 1 aliphatic rings. The van der Waals surface area contributed by atoms with Crippen LogP contribution in [0.5, 0.6) is 0 Å². The standard InChI is InChI=1S/C12H25NOS/c1-3-7-15(14)12-8-10(4-2)5-6-11(12)9-13/h10-12H,3-9,13H2,1-2H3. The topological polar surface area (TPSA) is 43.1 Å². The lowest BCUT2D eigenvalue weighted by Crippen LogP contribution is -2.38. The Bertz CT molecular complexity index is 208. The average molecular weight is 231 g/mol. The van der Waals surface area contributed by atoms with Gasteiger partial charge in [-0.3, -0.25) is 4.21 Å². The van der Waals surface area contributed by atoms with Crippen molar-refractivity contribution in [2.45, 2.75) is 51.2 Å². The highest BCUT2D eigenvalue weighted by molar-refractivity contribution is 7.85. The molecule has 0 amide bonds. The molecule has 0 aromatic heterocycles. The van der Waals surface area contributed by atoms with Gasteiger partial charge in [0.15, 0.2) is 0 Å². The van der Waals surface area contributed by atoms with Crippen molar-refractivity contribution in [3.63, 3.8) is 0 Å². The van der Waals surface area contributed by atoms with Crippen LogP contribution in [0.15, 0.2) is 0 Å². The smallest absolute Gasteiger partial charge is 0.0390 e. The third-order valence-corrected chi connectivity index (χ3v) is 5.72. The summed E-state index contributed by atoms with van der Waals surface area (Å²) in [6.45, 7) is 5.07. The molecule has 0 saturated heterocycles. The van der Waals surface area contributed by atoms with Gasteiger partial charge < -0.3 is 5.73 Å². The minimum absolute atomic E-state index is 0.383. The van der Waals surface area contributed by atoms with Gasteiger partial charge in [0, 0.05) is 21.8 Å². The SMILES string of the molecule is CCCS(=O)C1CC(CC)CCC1CN. The monoisotopic (exact) mass is 231 g/mol. The predicted octanol–water partition coefficient (Wildman–Crippen LogP) is 2.30. The van der Waals surface area contributed by atoms with E-state index in [1.165, 1.54) is 19.3 Å². The summed E-state index contributed by atoms with van der Waals surface area (Å²) in [4.78, 5) is 0. The molecule has 0 bridgehead atoms. The first kappa shape index (κ1) is 13.2. The molecular formula is C12H25NOS. The van der Waals surface area contributed by atoms with Crippen molar-refractivity contribution in [1.82, 2.24) is 0 Å². The number of hydrogen-bond acceptors (Lipinski definition) is 2. The van der Waals surface area contributed by atoms with Crippen molar-refractivity contribution in [1.29, 1.82) is 0 Å². The summed E-state index contributed by atoms with van der Waals surface area (Å²) in [5.41, 5.74) is 5.78. The van der Waals surface area contributed by atoms with E-state index in [1.54, 1.807) is 0 Å². The summed E-state index contributed by atoms with van der Waals surface area (Å²) >= 11 is 0. The Morgan fingerprint density at radius 2 is 2.07 bits per heavy atom. The normalized spacial score (nSPS) is 33.9. The second-order valence-corrected chi connectivity index (χ2v) is 6.48. The van der Waals surface area contributed by atoms with Gasteiger partial charge >= 0.3 is 0 Å². The highest BCUT2D eigenvalue weighted by Gasteiger charge is 2.32. The van der Waals surface area contributed by atoms with Crippen molar-refractivity contribution in [2.24, 2.45) is 17.6 Å². The van der Waals surface area contributed by atoms with Gasteiger partial charge in [-0.15, -0.1) is 0 Å². The van der Waals surface area contributed by atoms with E-state index in [0.717, 1.165) is 31.1 Å². The molecule has 1 aliphatic carbocycles. The number of rotatable bonds is 5. The fourth-order valence-electron chi connectivity index (χ4n) is 2.59. The van der Waals surface area contributed by atoms with Gasteiger partial charge in [-0.2, -0.15) is 0 Å².